The van der Waals surface area contributed by atoms with Crippen molar-refractivity contribution < 1.29 is 19.0 Å². The predicted molar refractivity (Wildman–Crippen MR) is 120 cm³/mol. The lowest BCUT2D eigenvalue weighted by Crippen LogP contribution is -2.38. The second-order valence-electron chi connectivity index (χ2n) is 8.33. The smallest absolute Gasteiger partial charge is 0.306 e. The Labute approximate surface area is 179 Å². The first-order valence-corrected chi connectivity index (χ1v) is 12.3. The van der Waals surface area contributed by atoms with Crippen LogP contribution < -0.4 is 0 Å². The lowest BCUT2D eigenvalue weighted by atomic mass is 10.1. The Morgan fingerprint density at radius 1 is 0.793 bits per heavy atom. The third-order valence-corrected chi connectivity index (χ3v) is 5.40. The van der Waals surface area contributed by atoms with Crippen molar-refractivity contribution in [3.05, 3.63) is 12.2 Å². The van der Waals surface area contributed by atoms with Gasteiger partial charge in [0.05, 0.1) is 13.2 Å². The molecule has 1 fully saturated rings. The minimum Gasteiger partial charge on any atom is -0.457 e. The van der Waals surface area contributed by atoms with Gasteiger partial charge in [0.15, 0.2) is 6.29 Å². The third kappa shape index (κ3) is 15.6. The average Bonchev–Trinajstić information content (AvgIpc) is 2.72. The Bertz CT molecular complexity index is 400. The summed E-state index contributed by atoms with van der Waals surface area (Å²) in [6.07, 6.45) is 23.2. The van der Waals surface area contributed by atoms with Gasteiger partial charge >= 0.3 is 5.97 Å². The number of rotatable bonds is 18. The van der Waals surface area contributed by atoms with Crippen LogP contribution in [0, 0.1) is 0 Å². The van der Waals surface area contributed by atoms with Gasteiger partial charge in [0.25, 0.3) is 0 Å². The lowest BCUT2D eigenvalue weighted by Gasteiger charge is -2.28. The van der Waals surface area contributed by atoms with E-state index in [1.807, 2.05) is 0 Å². The molecule has 0 aromatic carbocycles. The van der Waals surface area contributed by atoms with Gasteiger partial charge in [-0.05, 0) is 38.5 Å². The predicted octanol–water partition coefficient (Wildman–Crippen LogP) is 7.11. The summed E-state index contributed by atoms with van der Waals surface area (Å²) >= 11 is 0. The second kappa shape index (κ2) is 19.1. The zero-order valence-corrected chi connectivity index (χ0v) is 19.2. The molecule has 1 heterocycles. The Morgan fingerprint density at radius 2 is 1.34 bits per heavy atom. The molecule has 0 aromatic heterocycles. The van der Waals surface area contributed by atoms with E-state index in [9.17, 15) is 4.79 Å². The molecule has 0 bridgehead atoms. The van der Waals surface area contributed by atoms with Crippen LogP contribution in [-0.4, -0.2) is 31.6 Å². The molecule has 1 aliphatic rings. The van der Waals surface area contributed by atoms with Crippen LogP contribution in [0.25, 0.3) is 0 Å². The fourth-order valence-corrected chi connectivity index (χ4v) is 3.58. The molecule has 0 amide bonds. The van der Waals surface area contributed by atoms with E-state index in [1.165, 1.54) is 70.6 Å². The van der Waals surface area contributed by atoms with Crippen LogP contribution in [0.4, 0.5) is 0 Å². The summed E-state index contributed by atoms with van der Waals surface area (Å²) in [5.74, 6) is -0.117. The molecule has 0 aliphatic carbocycles. The van der Waals surface area contributed by atoms with Crippen molar-refractivity contribution in [3.8, 4) is 0 Å². The van der Waals surface area contributed by atoms with Gasteiger partial charge in [-0.2, -0.15) is 0 Å². The number of allylic oxidation sites excluding steroid dienone is 2. The van der Waals surface area contributed by atoms with E-state index in [2.05, 4.69) is 26.0 Å². The van der Waals surface area contributed by atoms with Crippen molar-refractivity contribution >= 4 is 5.97 Å². The van der Waals surface area contributed by atoms with Crippen molar-refractivity contribution in [2.24, 2.45) is 0 Å². The maximum Gasteiger partial charge on any atom is 0.306 e. The second-order valence-corrected chi connectivity index (χ2v) is 8.33. The Morgan fingerprint density at radius 3 is 1.93 bits per heavy atom. The van der Waals surface area contributed by atoms with Gasteiger partial charge in [0.1, 0.15) is 6.10 Å². The van der Waals surface area contributed by atoms with Crippen molar-refractivity contribution in [2.75, 3.05) is 13.2 Å². The highest BCUT2D eigenvalue weighted by atomic mass is 16.7. The number of hydrogen-bond acceptors (Lipinski definition) is 4. The highest BCUT2D eigenvalue weighted by Crippen LogP contribution is 2.14. The number of ether oxygens (including phenoxy) is 3. The lowest BCUT2D eigenvalue weighted by molar-refractivity contribution is -0.227. The molecule has 1 aliphatic heterocycles. The van der Waals surface area contributed by atoms with E-state index in [1.54, 1.807) is 0 Å². The van der Waals surface area contributed by atoms with Gasteiger partial charge in [0.2, 0.25) is 0 Å². The van der Waals surface area contributed by atoms with Crippen LogP contribution in [0.1, 0.15) is 117 Å². The standard InChI is InChI=1S/C25H46O4/c1-3-5-6-7-8-9-10-11-12-13-14-15-16-17-18-20-24(26)29-23-21-27-25(19-4-2)28-22-23/h11-12,23,25H,3-10,13-22H2,1-2H3/b12-11+. The minimum atomic E-state index is -0.237. The quantitative estimate of drug-likeness (QED) is 0.137. The molecule has 1 saturated heterocycles. The molecule has 0 saturated carbocycles. The van der Waals surface area contributed by atoms with E-state index in [-0.39, 0.29) is 18.4 Å². The summed E-state index contributed by atoms with van der Waals surface area (Å²) in [6.45, 7) is 5.29. The summed E-state index contributed by atoms with van der Waals surface area (Å²) < 4.78 is 16.6. The van der Waals surface area contributed by atoms with E-state index in [0.29, 0.717) is 19.6 Å². The molecule has 4 nitrogen and oxygen atoms in total. The van der Waals surface area contributed by atoms with Crippen LogP contribution in [-0.2, 0) is 19.0 Å². The number of carbonyl (C=O) groups excluding carboxylic acids is 1. The average molecular weight is 411 g/mol. The highest BCUT2D eigenvalue weighted by molar-refractivity contribution is 5.69. The van der Waals surface area contributed by atoms with Gasteiger partial charge in [-0.15, -0.1) is 0 Å². The Balaban J connectivity index is 1.83. The summed E-state index contributed by atoms with van der Waals surface area (Å²) in [6, 6.07) is 0. The van der Waals surface area contributed by atoms with E-state index in [0.717, 1.165) is 25.7 Å². The summed E-state index contributed by atoms with van der Waals surface area (Å²) in [4.78, 5) is 11.9. The van der Waals surface area contributed by atoms with Crippen LogP contribution >= 0.6 is 0 Å². The topological polar surface area (TPSA) is 44.8 Å². The van der Waals surface area contributed by atoms with Crippen molar-refractivity contribution in [2.45, 2.75) is 129 Å². The van der Waals surface area contributed by atoms with Crippen molar-refractivity contribution in [3.63, 3.8) is 0 Å². The summed E-state index contributed by atoms with van der Waals surface area (Å²) in [7, 11) is 0. The molecule has 170 valence electrons. The van der Waals surface area contributed by atoms with E-state index in [4.69, 9.17) is 14.2 Å². The first kappa shape index (κ1) is 26.2. The number of carbonyl (C=O) groups is 1. The van der Waals surface area contributed by atoms with Crippen LogP contribution in [0.5, 0.6) is 0 Å². The van der Waals surface area contributed by atoms with Gasteiger partial charge in [-0.3, -0.25) is 4.79 Å². The van der Waals surface area contributed by atoms with Gasteiger partial charge < -0.3 is 14.2 Å². The summed E-state index contributed by atoms with van der Waals surface area (Å²) in [5.41, 5.74) is 0. The zero-order chi connectivity index (χ0) is 21.0. The number of hydrogen-bond donors (Lipinski definition) is 0. The molecule has 4 heteroatoms. The molecule has 0 N–H and O–H groups in total. The fourth-order valence-electron chi connectivity index (χ4n) is 3.58. The first-order valence-electron chi connectivity index (χ1n) is 12.3. The highest BCUT2D eigenvalue weighted by Gasteiger charge is 2.24. The Kier molecular flexibility index (Phi) is 17.2. The summed E-state index contributed by atoms with van der Waals surface area (Å²) in [5, 5.41) is 0. The van der Waals surface area contributed by atoms with E-state index < -0.39 is 0 Å². The third-order valence-electron chi connectivity index (χ3n) is 5.40. The SMILES string of the molecule is CCCCCCCC/C=C/CCCCCCCC(=O)OC1COC(CCC)OC1. The molecular weight excluding hydrogens is 364 g/mol. The Hall–Kier alpha value is -0.870. The van der Waals surface area contributed by atoms with Crippen LogP contribution in [0.2, 0.25) is 0 Å². The molecule has 0 atom stereocenters. The van der Waals surface area contributed by atoms with Gasteiger partial charge in [-0.1, -0.05) is 83.8 Å². The monoisotopic (exact) mass is 410 g/mol. The van der Waals surface area contributed by atoms with Crippen molar-refractivity contribution in [1.82, 2.24) is 0 Å². The molecule has 29 heavy (non-hydrogen) atoms. The molecule has 0 radical (unpaired) electrons. The molecule has 0 unspecified atom stereocenters. The van der Waals surface area contributed by atoms with Crippen LogP contribution in [0.15, 0.2) is 12.2 Å². The van der Waals surface area contributed by atoms with E-state index >= 15 is 0 Å². The van der Waals surface area contributed by atoms with Gasteiger partial charge in [-0.25, -0.2) is 0 Å². The maximum atomic E-state index is 11.9. The van der Waals surface area contributed by atoms with Crippen molar-refractivity contribution in [1.29, 1.82) is 0 Å². The van der Waals surface area contributed by atoms with Crippen LogP contribution in [0.3, 0.4) is 0 Å². The first-order chi connectivity index (χ1) is 14.3. The minimum absolute atomic E-state index is 0.117. The normalized spacial score (nSPS) is 19.7. The zero-order valence-electron chi connectivity index (χ0n) is 19.2. The maximum absolute atomic E-state index is 11.9. The largest absolute Gasteiger partial charge is 0.457 e. The molecule has 0 spiro atoms. The molecule has 1 rings (SSSR count). The van der Waals surface area contributed by atoms with Gasteiger partial charge in [0, 0.05) is 6.42 Å². The number of unbranched alkanes of at least 4 members (excludes halogenated alkanes) is 11. The molecule has 0 aromatic rings. The molecular formula is C25H46O4. The number of esters is 1. The fraction of sp³-hybridized carbons (Fsp3) is 0.880.